The molecule has 1 amide bonds. The Labute approximate surface area is 175 Å². The zero-order valence-electron chi connectivity index (χ0n) is 16.6. The van der Waals surface area contributed by atoms with Crippen molar-refractivity contribution in [2.75, 3.05) is 24.1 Å². The third-order valence-electron chi connectivity index (χ3n) is 5.29. The van der Waals surface area contributed by atoms with Gasteiger partial charge in [0.15, 0.2) is 0 Å². The van der Waals surface area contributed by atoms with E-state index < -0.39 is 0 Å². The number of carbonyl (C=O) groups excluding carboxylic acids is 1. The largest absolute Gasteiger partial charge is 0.494 e. The summed E-state index contributed by atoms with van der Waals surface area (Å²) in [7, 11) is 0. The molecule has 0 aromatic heterocycles. The molecule has 0 radical (unpaired) electrons. The zero-order valence-corrected chi connectivity index (χ0v) is 17.4. The van der Waals surface area contributed by atoms with Crippen molar-refractivity contribution in [1.29, 1.82) is 5.26 Å². The van der Waals surface area contributed by atoms with Crippen LogP contribution in [0, 0.1) is 18.3 Å². The summed E-state index contributed by atoms with van der Waals surface area (Å²) in [6, 6.07) is 18.4. The molecule has 5 nitrogen and oxygen atoms in total. The number of hydrogen-bond acceptors (Lipinski definition) is 5. The van der Waals surface area contributed by atoms with E-state index in [0.29, 0.717) is 31.1 Å². The van der Waals surface area contributed by atoms with E-state index >= 15 is 0 Å². The third kappa shape index (κ3) is 3.83. The molecule has 1 saturated heterocycles. The molecule has 1 unspecified atom stereocenters. The molecule has 2 aliphatic heterocycles. The van der Waals surface area contributed by atoms with Crippen molar-refractivity contribution in [1.82, 2.24) is 4.90 Å². The second-order valence-corrected chi connectivity index (χ2v) is 8.13. The van der Waals surface area contributed by atoms with Crippen molar-refractivity contribution in [2.24, 2.45) is 0 Å². The smallest absolute Gasteiger partial charge is 0.229 e. The third-order valence-corrected chi connectivity index (χ3v) is 6.44. The number of nitriles is 1. The van der Waals surface area contributed by atoms with Crippen molar-refractivity contribution in [3.05, 3.63) is 70.3 Å². The molecule has 1 atom stereocenters. The van der Waals surface area contributed by atoms with Gasteiger partial charge in [-0.25, -0.2) is 0 Å². The first-order chi connectivity index (χ1) is 14.1. The number of amides is 1. The van der Waals surface area contributed by atoms with Gasteiger partial charge in [0.1, 0.15) is 5.75 Å². The number of hydrogen-bond donors (Lipinski definition) is 0. The molecule has 2 aromatic carbocycles. The Morgan fingerprint density at radius 2 is 1.90 bits per heavy atom. The van der Waals surface area contributed by atoms with Gasteiger partial charge in [0.25, 0.3) is 0 Å². The molecule has 148 valence electrons. The summed E-state index contributed by atoms with van der Waals surface area (Å²) in [6.07, 6.45) is 0.308. The monoisotopic (exact) mass is 405 g/mol. The van der Waals surface area contributed by atoms with Crippen LogP contribution in [0.1, 0.15) is 30.4 Å². The number of rotatable bonds is 4. The maximum absolute atomic E-state index is 13.0. The van der Waals surface area contributed by atoms with Crippen LogP contribution in [0.4, 0.5) is 5.69 Å². The fourth-order valence-corrected chi connectivity index (χ4v) is 4.90. The van der Waals surface area contributed by atoms with Crippen LogP contribution in [0.2, 0.25) is 0 Å². The Morgan fingerprint density at radius 1 is 1.17 bits per heavy atom. The summed E-state index contributed by atoms with van der Waals surface area (Å²) in [5.41, 5.74) is 3.95. The number of thioether (sulfide) groups is 1. The number of allylic oxidation sites excluding steroid dienone is 1. The maximum Gasteiger partial charge on any atom is 0.229 e. The minimum absolute atomic E-state index is 0.0576. The average molecular weight is 406 g/mol. The molecule has 0 bridgehead atoms. The Hall–Kier alpha value is -2.91. The molecular weight excluding hydrogens is 382 g/mol. The van der Waals surface area contributed by atoms with Crippen molar-refractivity contribution < 1.29 is 9.53 Å². The van der Waals surface area contributed by atoms with Crippen LogP contribution in [0.5, 0.6) is 5.75 Å². The molecule has 4 rings (SSSR count). The fourth-order valence-electron chi connectivity index (χ4n) is 3.73. The van der Waals surface area contributed by atoms with Gasteiger partial charge >= 0.3 is 0 Å². The summed E-state index contributed by atoms with van der Waals surface area (Å²) in [5, 5.41) is 10.7. The normalized spacial score (nSPS) is 19.1. The SMILES string of the molecule is CCOc1ccc(C2CC(=O)N3CN(c4ccc(C)cc4)CSC3=C2C#N)cc1. The topological polar surface area (TPSA) is 56.6 Å². The van der Waals surface area contributed by atoms with Crippen molar-refractivity contribution >= 4 is 23.4 Å². The highest BCUT2D eigenvalue weighted by Gasteiger charge is 2.38. The molecule has 0 N–H and O–H groups in total. The molecular formula is C23H23N3O2S. The second-order valence-electron chi connectivity index (χ2n) is 7.20. The number of nitrogens with zero attached hydrogens (tertiary/aromatic N) is 3. The van der Waals surface area contributed by atoms with Gasteiger partial charge in [-0.15, -0.1) is 0 Å². The van der Waals surface area contributed by atoms with Crippen LogP contribution in [0.25, 0.3) is 0 Å². The number of fused-ring (bicyclic) bond motifs is 1. The van der Waals surface area contributed by atoms with Crippen LogP contribution < -0.4 is 9.64 Å². The highest BCUT2D eigenvalue weighted by molar-refractivity contribution is 8.03. The van der Waals surface area contributed by atoms with E-state index in [4.69, 9.17) is 4.74 Å². The zero-order chi connectivity index (χ0) is 20.4. The molecule has 0 spiro atoms. The summed E-state index contributed by atoms with van der Waals surface area (Å²) < 4.78 is 5.51. The van der Waals surface area contributed by atoms with Crippen LogP contribution in [-0.4, -0.2) is 30.0 Å². The summed E-state index contributed by atoms with van der Waals surface area (Å²) >= 11 is 1.56. The Kier molecular flexibility index (Phi) is 5.50. The quantitative estimate of drug-likeness (QED) is 0.743. The lowest BCUT2D eigenvalue weighted by molar-refractivity contribution is -0.129. The molecule has 2 aliphatic rings. The van der Waals surface area contributed by atoms with E-state index in [9.17, 15) is 10.1 Å². The van der Waals surface area contributed by atoms with Crippen LogP contribution in [0.15, 0.2) is 59.1 Å². The summed E-state index contributed by atoms with van der Waals surface area (Å²) in [6.45, 7) is 5.09. The highest BCUT2D eigenvalue weighted by atomic mass is 32.2. The lowest BCUT2D eigenvalue weighted by Crippen LogP contribution is -2.47. The fraction of sp³-hybridized carbons (Fsp3) is 0.304. The number of carbonyl (C=O) groups is 1. The minimum Gasteiger partial charge on any atom is -0.494 e. The molecule has 1 fully saturated rings. The number of anilines is 1. The predicted octanol–water partition coefficient (Wildman–Crippen LogP) is 4.61. The van der Waals surface area contributed by atoms with Crippen LogP contribution in [-0.2, 0) is 4.79 Å². The van der Waals surface area contributed by atoms with E-state index in [-0.39, 0.29) is 11.8 Å². The molecule has 2 aromatic rings. The van der Waals surface area contributed by atoms with Crippen molar-refractivity contribution in [3.8, 4) is 11.8 Å². The first-order valence-corrected chi connectivity index (χ1v) is 10.7. The average Bonchev–Trinajstić information content (AvgIpc) is 2.75. The van der Waals surface area contributed by atoms with Crippen LogP contribution >= 0.6 is 11.8 Å². The van der Waals surface area contributed by atoms with Gasteiger partial charge in [0, 0.05) is 18.0 Å². The van der Waals surface area contributed by atoms with Gasteiger partial charge < -0.3 is 9.64 Å². The van der Waals surface area contributed by atoms with Gasteiger partial charge in [0.2, 0.25) is 5.91 Å². The van der Waals surface area contributed by atoms with Crippen molar-refractivity contribution in [2.45, 2.75) is 26.2 Å². The molecule has 0 saturated carbocycles. The standard InChI is InChI=1S/C23H23N3O2S/c1-3-28-19-10-6-17(7-11-19)20-12-22(27)26-14-25(15-29-23(26)21(20)13-24)18-8-4-16(2)5-9-18/h4-11,20H,3,12,14-15H2,1-2H3. The summed E-state index contributed by atoms with van der Waals surface area (Å²) in [4.78, 5) is 16.9. The predicted molar refractivity (Wildman–Crippen MR) is 115 cm³/mol. The molecule has 0 aliphatic carbocycles. The number of aryl methyl sites for hydroxylation is 1. The number of ether oxygens (including phenoxy) is 1. The van der Waals surface area contributed by atoms with E-state index in [1.807, 2.05) is 31.2 Å². The molecule has 2 heterocycles. The van der Waals surface area contributed by atoms with Gasteiger partial charge in [0.05, 0.1) is 35.8 Å². The highest BCUT2D eigenvalue weighted by Crippen LogP contribution is 2.43. The lowest BCUT2D eigenvalue weighted by Gasteiger charge is -2.42. The number of benzene rings is 2. The van der Waals surface area contributed by atoms with Gasteiger partial charge in [-0.2, -0.15) is 5.26 Å². The van der Waals surface area contributed by atoms with Crippen LogP contribution in [0.3, 0.4) is 0 Å². The second kappa shape index (κ2) is 8.22. The van der Waals surface area contributed by atoms with Gasteiger partial charge in [-0.3, -0.25) is 9.69 Å². The van der Waals surface area contributed by atoms with Gasteiger partial charge in [-0.05, 0) is 43.7 Å². The van der Waals surface area contributed by atoms with E-state index in [1.54, 1.807) is 16.7 Å². The van der Waals surface area contributed by atoms with Gasteiger partial charge in [-0.1, -0.05) is 41.6 Å². The first kappa shape index (κ1) is 19.4. The minimum atomic E-state index is -0.201. The van der Waals surface area contributed by atoms with E-state index in [0.717, 1.165) is 22.0 Å². The first-order valence-electron chi connectivity index (χ1n) is 9.72. The van der Waals surface area contributed by atoms with E-state index in [2.05, 4.69) is 42.2 Å². The molecule has 6 heteroatoms. The Bertz CT molecular complexity index is 977. The Morgan fingerprint density at radius 3 is 2.55 bits per heavy atom. The molecule has 29 heavy (non-hydrogen) atoms. The Balaban J connectivity index is 1.61. The maximum atomic E-state index is 13.0. The van der Waals surface area contributed by atoms with E-state index in [1.165, 1.54) is 5.56 Å². The summed E-state index contributed by atoms with van der Waals surface area (Å²) in [5.74, 6) is 1.37. The lowest BCUT2D eigenvalue weighted by atomic mass is 9.86. The van der Waals surface area contributed by atoms with Crippen molar-refractivity contribution in [3.63, 3.8) is 0 Å².